The van der Waals surface area contributed by atoms with E-state index in [0.717, 1.165) is 0 Å². The number of ether oxygens (including phenoxy) is 7. The van der Waals surface area contributed by atoms with Gasteiger partial charge in [-0.15, -0.1) is 0 Å². The van der Waals surface area contributed by atoms with Crippen LogP contribution in [0.15, 0.2) is 0 Å². The van der Waals surface area contributed by atoms with Crippen molar-refractivity contribution >= 4 is 42.5 Å². The number of hydrogen-bond acceptors (Lipinski definition) is 18. The summed E-state index contributed by atoms with van der Waals surface area (Å²) >= 11 is 0. The van der Waals surface area contributed by atoms with Gasteiger partial charge in [0.25, 0.3) is 0 Å². The summed E-state index contributed by atoms with van der Waals surface area (Å²) in [6.45, 7) is 18.0. The zero-order valence-electron chi connectivity index (χ0n) is 36.3. The average molecular weight is 917 g/mol. The zero-order valence-corrected chi connectivity index (χ0v) is 39.3. The Kier molecular flexibility index (Phi) is 19.7. The minimum atomic E-state index is -1.90. The van der Waals surface area contributed by atoms with Gasteiger partial charge in [0.1, 0.15) is 61.0 Å². The van der Waals surface area contributed by atoms with Crippen LogP contribution in [0.25, 0.3) is 0 Å². The minimum absolute atomic E-state index is 0.0779. The predicted octanol–water partition coefficient (Wildman–Crippen LogP) is -0.974. The zero-order chi connectivity index (χ0) is 45.3. The molecule has 24 heteroatoms. The van der Waals surface area contributed by atoms with Crippen LogP contribution in [0, 0.1) is 0 Å². The van der Waals surface area contributed by atoms with E-state index in [1.807, 2.05) is 0 Å². The Labute approximate surface area is 354 Å². The van der Waals surface area contributed by atoms with E-state index in [1.165, 1.54) is 0 Å². The van der Waals surface area contributed by atoms with Crippen molar-refractivity contribution in [3.05, 3.63) is 0 Å². The molecule has 2 aliphatic heterocycles. The first-order valence-electron chi connectivity index (χ1n) is 20.6. The molecule has 350 valence electrons. The van der Waals surface area contributed by atoms with Crippen molar-refractivity contribution in [2.45, 2.75) is 175 Å². The van der Waals surface area contributed by atoms with Crippen molar-refractivity contribution < 1.29 is 83.3 Å². The van der Waals surface area contributed by atoms with Crippen molar-refractivity contribution in [1.82, 2.24) is 16.0 Å². The fourth-order valence-corrected chi connectivity index (χ4v) is 8.80. The second-order valence-electron chi connectivity index (χ2n) is 19.4. The quantitative estimate of drug-likeness (QED) is 0.0582. The molecule has 1 aliphatic carbocycles. The number of carbonyl (C=O) groups is 3. The standard InChI is InChI=1S/C36H72N4O17Si3/c1-58(2,3)13-10-51-34(48)38-19-16-20(39-35(49)52-11-14-59(4,5)6)31(57-33-28(46)27(45)25(43)21(17-37)54-33)29(47)30(19)56-32-26(44)23(24(42)22(18-41)55-32)40-36(50)53-12-15-60(7,8)9/h19-33,41-47H,10-18,37H2,1-9H3,(H,38,48)(H,39,49)(H,40,50)/t19-,20+,21-,22-,23+,24-,25-,26-,27+,28-,29-,30+,31-,32-,33-/m1/s1. The number of hydrogen-bond donors (Lipinski definition) is 11. The average Bonchev–Trinajstić information content (AvgIpc) is 3.12. The van der Waals surface area contributed by atoms with Crippen LogP contribution in [0.5, 0.6) is 0 Å². The molecular weight excluding hydrogens is 845 g/mol. The minimum Gasteiger partial charge on any atom is -0.450 e. The lowest BCUT2D eigenvalue weighted by atomic mass is 9.83. The highest BCUT2D eigenvalue weighted by atomic mass is 28.3. The van der Waals surface area contributed by atoms with Crippen molar-refractivity contribution in [2.75, 3.05) is 33.0 Å². The maximum absolute atomic E-state index is 13.3. The molecular formula is C36H72N4O17Si3. The molecule has 15 atom stereocenters. The normalized spacial score (nSPS) is 35.2. The highest BCUT2D eigenvalue weighted by Crippen LogP contribution is 2.33. The second kappa shape index (κ2) is 22.6. The molecule has 0 radical (unpaired) electrons. The Morgan fingerprint density at radius 1 is 0.567 bits per heavy atom. The monoisotopic (exact) mass is 916 g/mol. The maximum atomic E-state index is 13.3. The molecule has 0 aromatic carbocycles. The number of nitrogens with two attached hydrogens (primary N) is 1. The number of aliphatic hydroxyl groups excluding tert-OH is 7. The van der Waals surface area contributed by atoms with Crippen LogP contribution in [-0.4, -0.2) is 203 Å². The van der Waals surface area contributed by atoms with Crippen LogP contribution in [0.4, 0.5) is 14.4 Å². The number of carbonyl (C=O) groups excluding carboxylic acids is 3. The van der Waals surface area contributed by atoms with E-state index in [4.69, 9.17) is 38.9 Å². The smallest absolute Gasteiger partial charge is 0.407 e. The second-order valence-corrected chi connectivity index (χ2v) is 36.3. The van der Waals surface area contributed by atoms with Gasteiger partial charge in [0.15, 0.2) is 12.6 Å². The molecule has 0 bridgehead atoms. The van der Waals surface area contributed by atoms with Gasteiger partial charge in [-0.1, -0.05) is 58.9 Å². The third-order valence-electron chi connectivity index (χ3n) is 10.5. The third-order valence-corrected chi connectivity index (χ3v) is 15.6. The molecule has 2 saturated heterocycles. The molecule has 0 aromatic heterocycles. The topological polar surface area (TPSA) is 320 Å². The van der Waals surface area contributed by atoms with Gasteiger partial charge in [0.2, 0.25) is 0 Å². The van der Waals surface area contributed by atoms with Gasteiger partial charge in [0, 0.05) is 30.8 Å². The van der Waals surface area contributed by atoms with Crippen LogP contribution in [0.2, 0.25) is 77.1 Å². The third kappa shape index (κ3) is 16.0. The molecule has 2 heterocycles. The summed E-state index contributed by atoms with van der Waals surface area (Å²) in [5, 5.41) is 84.5. The SMILES string of the molecule is C[Si](C)(C)CCOC(=O)N[C@@H]1[C@@H](O)[C@@H](O[C@@H]2[C@@H](O)[C@H](O[C@H]3O[C@H](CN)[C@@H](O)[C@H](O)[C@H]3O)[C@@H](NC(=O)OCC[Si](C)(C)C)C[C@H]2NC(=O)OCC[Si](C)(C)C)O[C@H](CO)[C@H]1O. The van der Waals surface area contributed by atoms with Crippen LogP contribution in [0.1, 0.15) is 6.42 Å². The Morgan fingerprint density at radius 2 is 0.967 bits per heavy atom. The molecule has 60 heavy (non-hydrogen) atoms. The summed E-state index contributed by atoms with van der Waals surface area (Å²) < 4.78 is 40.0. The lowest BCUT2D eigenvalue weighted by Gasteiger charge is -2.49. The van der Waals surface area contributed by atoms with Gasteiger partial charge in [0.05, 0.1) is 44.6 Å². The summed E-state index contributed by atoms with van der Waals surface area (Å²) in [6, 6.07) is -2.08. The van der Waals surface area contributed by atoms with Crippen LogP contribution in [0.3, 0.4) is 0 Å². The molecule has 21 nitrogen and oxygen atoms in total. The lowest BCUT2D eigenvalue weighted by Crippen LogP contribution is -2.70. The molecule has 1 saturated carbocycles. The van der Waals surface area contributed by atoms with E-state index in [0.29, 0.717) is 18.1 Å². The Hall–Kier alpha value is -2.02. The summed E-state index contributed by atoms with van der Waals surface area (Å²) in [5.41, 5.74) is 5.74. The van der Waals surface area contributed by atoms with Crippen LogP contribution in [-0.2, 0) is 33.2 Å². The first-order valence-corrected chi connectivity index (χ1v) is 31.7. The van der Waals surface area contributed by atoms with Gasteiger partial charge in [-0.05, 0) is 24.6 Å². The summed E-state index contributed by atoms with van der Waals surface area (Å²) in [6.07, 6.45) is -23.0. The van der Waals surface area contributed by atoms with Crippen molar-refractivity contribution in [2.24, 2.45) is 5.73 Å². The van der Waals surface area contributed by atoms with Gasteiger partial charge in [-0.25, -0.2) is 14.4 Å². The fraction of sp³-hybridized carbons (Fsp3) is 0.917. The fourth-order valence-electron chi connectivity index (χ4n) is 6.65. The number of aliphatic hydroxyl groups is 7. The van der Waals surface area contributed by atoms with E-state index in [2.05, 4.69) is 74.9 Å². The molecule has 3 rings (SSSR count). The van der Waals surface area contributed by atoms with Gasteiger partial charge in [-0.2, -0.15) is 0 Å². The van der Waals surface area contributed by atoms with Gasteiger partial charge >= 0.3 is 18.3 Å². The lowest BCUT2D eigenvalue weighted by molar-refractivity contribution is -0.333. The van der Waals surface area contributed by atoms with E-state index >= 15 is 0 Å². The van der Waals surface area contributed by atoms with Gasteiger partial charge in [-0.3, -0.25) is 0 Å². The van der Waals surface area contributed by atoms with Crippen LogP contribution >= 0.6 is 0 Å². The Balaban J connectivity index is 1.99. The summed E-state index contributed by atoms with van der Waals surface area (Å²) in [5.74, 6) is 0. The van der Waals surface area contributed by atoms with E-state index in [-0.39, 0.29) is 32.8 Å². The molecule has 0 aromatic rings. The Bertz CT molecular complexity index is 1370. The summed E-state index contributed by atoms with van der Waals surface area (Å²) in [4.78, 5) is 39.4. The number of amides is 3. The largest absolute Gasteiger partial charge is 0.450 e. The highest BCUT2D eigenvalue weighted by molar-refractivity contribution is 6.76. The van der Waals surface area contributed by atoms with E-state index in [1.54, 1.807) is 0 Å². The number of alkyl carbamates (subject to hydrolysis) is 3. The number of rotatable bonds is 18. The first kappa shape index (κ1) is 52.3. The summed E-state index contributed by atoms with van der Waals surface area (Å²) in [7, 11) is -4.85. The molecule has 3 fully saturated rings. The molecule has 0 spiro atoms. The molecule has 12 N–H and O–H groups in total. The molecule has 3 aliphatic rings. The van der Waals surface area contributed by atoms with Crippen molar-refractivity contribution in [3.8, 4) is 0 Å². The predicted molar refractivity (Wildman–Crippen MR) is 223 cm³/mol. The highest BCUT2D eigenvalue weighted by Gasteiger charge is 2.54. The van der Waals surface area contributed by atoms with Crippen molar-refractivity contribution in [3.63, 3.8) is 0 Å². The van der Waals surface area contributed by atoms with Crippen molar-refractivity contribution in [1.29, 1.82) is 0 Å². The molecule has 0 unspecified atom stereocenters. The maximum Gasteiger partial charge on any atom is 0.407 e. The van der Waals surface area contributed by atoms with Gasteiger partial charge < -0.3 is 90.6 Å². The Morgan fingerprint density at radius 3 is 1.37 bits per heavy atom. The van der Waals surface area contributed by atoms with E-state index < -0.39 is 141 Å². The van der Waals surface area contributed by atoms with E-state index in [9.17, 15) is 50.1 Å². The number of nitrogens with one attached hydrogen (secondary N) is 3. The van der Waals surface area contributed by atoms with Crippen LogP contribution < -0.4 is 21.7 Å². The molecule has 3 amide bonds. The first-order chi connectivity index (χ1) is 27.7.